The predicted octanol–water partition coefficient (Wildman–Crippen LogP) is 3.84. The van der Waals surface area contributed by atoms with Crippen LogP contribution < -0.4 is 15.0 Å². The maximum absolute atomic E-state index is 5.59. The molecule has 108 valence electrons. The number of nitrogens with one attached hydrogen (secondary N) is 1. The summed E-state index contributed by atoms with van der Waals surface area (Å²) in [6.45, 7) is 2.20. The van der Waals surface area contributed by atoms with Crippen LogP contribution in [0.1, 0.15) is 12.5 Å². The number of rotatable bonds is 2. The first-order valence-corrected chi connectivity index (χ1v) is 7.42. The van der Waals surface area contributed by atoms with Gasteiger partial charge in [-0.3, -0.25) is 0 Å². The van der Waals surface area contributed by atoms with Gasteiger partial charge in [0.15, 0.2) is 5.11 Å². The third kappa shape index (κ3) is 2.72. The number of anilines is 2. The highest BCUT2D eigenvalue weighted by atomic mass is 32.1. The quantitative estimate of drug-likeness (QED) is 0.851. The first-order chi connectivity index (χ1) is 10.2. The SMILES string of the molecule is COc1ccc(NC(=S)N2c3ccccc3C[C@H]2C)cc1. The van der Waals surface area contributed by atoms with E-state index in [2.05, 4.69) is 41.4 Å². The summed E-state index contributed by atoms with van der Waals surface area (Å²) in [7, 11) is 1.66. The molecule has 0 aromatic heterocycles. The van der Waals surface area contributed by atoms with E-state index in [1.165, 1.54) is 11.3 Å². The molecule has 0 amide bonds. The summed E-state index contributed by atoms with van der Waals surface area (Å²) in [4.78, 5) is 2.19. The van der Waals surface area contributed by atoms with E-state index in [1.54, 1.807) is 7.11 Å². The number of hydrogen-bond donors (Lipinski definition) is 1. The fourth-order valence-electron chi connectivity index (χ4n) is 2.73. The molecule has 1 heterocycles. The second-order valence-electron chi connectivity index (χ2n) is 5.21. The fraction of sp³-hybridized carbons (Fsp3) is 0.235. The van der Waals surface area contributed by atoms with Gasteiger partial charge in [0, 0.05) is 17.4 Å². The summed E-state index contributed by atoms with van der Waals surface area (Å²) in [5, 5.41) is 4.04. The summed E-state index contributed by atoms with van der Waals surface area (Å²) < 4.78 is 5.17. The normalized spacial score (nSPS) is 16.5. The minimum Gasteiger partial charge on any atom is -0.497 e. The number of fused-ring (bicyclic) bond motifs is 1. The van der Waals surface area contributed by atoms with Crippen molar-refractivity contribution in [3.05, 3.63) is 54.1 Å². The van der Waals surface area contributed by atoms with Crippen molar-refractivity contribution < 1.29 is 4.74 Å². The van der Waals surface area contributed by atoms with Crippen LogP contribution in [-0.4, -0.2) is 18.3 Å². The van der Waals surface area contributed by atoms with Crippen molar-refractivity contribution >= 4 is 28.7 Å². The molecule has 0 radical (unpaired) electrons. The van der Waals surface area contributed by atoms with Gasteiger partial charge < -0.3 is 15.0 Å². The molecule has 0 spiro atoms. The lowest BCUT2D eigenvalue weighted by Gasteiger charge is -2.26. The van der Waals surface area contributed by atoms with Gasteiger partial charge in [0.25, 0.3) is 0 Å². The molecule has 0 aliphatic carbocycles. The van der Waals surface area contributed by atoms with E-state index in [0.29, 0.717) is 6.04 Å². The maximum atomic E-state index is 5.59. The Morgan fingerprint density at radius 1 is 1.19 bits per heavy atom. The highest BCUT2D eigenvalue weighted by molar-refractivity contribution is 7.80. The molecule has 0 saturated carbocycles. The van der Waals surface area contributed by atoms with E-state index in [-0.39, 0.29) is 0 Å². The second kappa shape index (κ2) is 5.74. The van der Waals surface area contributed by atoms with Crippen LogP contribution in [0, 0.1) is 0 Å². The number of ether oxygens (including phenoxy) is 1. The Hall–Kier alpha value is -2.07. The average molecular weight is 298 g/mol. The molecule has 1 N–H and O–H groups in total. The van der Waals surface area contributed by atoms with Gasteiger partial charge in [-0.2, -0.15) is 0 Å². The molecule has 3 rings (SSSR count). The molecule has 1 aliphatic heterocycles. The first kappa shape index (κ1) is 13.9. The van der Waals surface area contributed by atoms with Gasteiger partial charge in [-0.05, 0) is 61.5 Å². The number of methoxy groups -OCH3 is 1. The summed E-state index contributed by atoms with van der Waals surface area (Å²) in [5.74, 6) is 0.839. The average Bonchev–Trinajstić information content (AvgIpc) is 2.83. The Morgan fingerprint density at radius 2 is 1.90 bits per heavy atom. The van der Waals surface area contributed by atoms with Crippen molar-refractivity contribution in [3.8, 4) is 5.75 Å². The lowest BCUT2D eigenvalue weighted by atomic mass is 10.1. The lowest BCUT2D eigenvalue weighted by Crippen LogP contribution is -2.38. The number of hydrogen-bond acceptors (Lipinski definition) is 2. The van der Waals surface area contributed by atoms with Gasteiger partial charge >= 0.3 is 0 Å². The second-order valence-corrected chi connectivity index (χ2v) is 5.60. The van der Waals surface area contributed by atoms with Crippen LogP contribution in [0.2, 0.25) is 0 Å². The third-order valence-electron chi connectivity index (χ3n) is 3.77. The molecule has 0 bridgehead atoms. The number of para-hydroxylation sites is 1. The van der Waals surface area contributed by atoms with Crippen LogP contribution in [-0.2, 0) is 6.42 Å². The molecule has 0 fully saturated rings. The van der Waals surface area contributed by atoms with Crippen molar-refractivity contribution in [1.82, 2.24) is 0 Å². The number of nitrogens with zero attached hydrogens (tertiary/aromatic N) is 1. The van der Waals surface area contributed by atoms with Crippen LogP contribution in [0.25, 0.3) is 0 Å². The Kier molecular flexibility index (Phi) is 3.80. The Balaban J connectivity index is 1.79. The molecule has 4 heteroatoms. The van der Waals surface area contributed by atoms with Crippen LogP contribution >= 0.6 is 12.2 Å². The molecule has 1 aliphatic rings. The minimum atomic E-state index is 0.376. The lowest BCUT2D eigenvalue weighted by molar-refractivity contribution is 0.415. The van der Waals surface area contributed by atoms with Gasteiger partial charge in [-0.15, -0.1) is 0 Å². The molecule has 2 aromatic rings. The minimum absolute atomic E-state index is 0.376. The van der Waals surface area contributed by atoms with E-state index in [9.17, 15) is 0 Å². The van der Waals surface area contributed by atoms with Gasteiger partial charge in [0.2, 0.25) is 0 Å². The van der Waals surface area contributed by atoms with Crippen LogP contribution in [0.15, 0.2) is 48.5 Å². The van der Waals surface area contributed by atoms with Crippen molar-refractivity contribution in [2.75, 3.05) is 17.3 Å². The molecule has 1 atom stereocenters. The highest BCUT2D eigenvalue weighted by Gasteiger charge is 2.28. The summed E-state index contributed by atoms with van der Waals surface area (Å²) in [6.07, 6.45) is 1.03. The molecule has 2 aromatic carbocycles. The van der Waals surface area contributed by atoms with Gasteiger partial charge in [-0.25, -0.2) is 0 Å². The molecule has 0 saturated heterocycles. The standard InChI is InChI=1S/C17H18N2OS/c1-12-11-13-5-3-4-6-16(13)19(12)17(21)18-14-7-9-15(20-2)10-8-14/h3-10,12H,11H2,1-2H3,(H,18,21)/t12-/m1/s1. The van der Waals surface area contributed by atoms with E-state index in [0.717, 1.165) is 23.0 Å². The van der Waals surface area contributed by atoms with E-state index < -0.39 is 0 Å². The van der Waals surface area contributed by atoms with Crippen molar-refractivity contribution in [1.29, 1.82) is 0 Å². The largest absolute Gasteiger partial charge is 0.497 e. The van der Waals surface area contributed by atoms with Crippen molar-refractivity contribution in [2.45, 2.75) is 19.4 Å². The van der Waals surface area contributed by atoms with Crippen molar-refractivity contribution in [3.63, 3.8) is 0 Å². The maximum Gasteiger partial charge on any atom is 0.178 e. The topological polar surface area (TPSA) is 24.5 Å². The zero-order valence-electron chi connectivity index (χ0n) is 12.2. The highest BCUT2D eigenvalue weighted by Crippen LogP contribution is 2.32. The summed E-state index contributed by atoms with van der Waals surface area (Å²) in [5.41, 5.74) is 3.53. The van der Waals surface area contributed by atoms with E-state index in [4.69, 9.17) is 17.0 Å². The zero-order chi connectivity index (χ0) is 14.8. The monoisotopic (exact) mass is 298 g/mol. The molecule has 3 nitrogen and oxygen atoms in total. The number of benzene rings is 2. The van der Waals surface area contributed by atoms with Crippen LogP contribution in [0.4, 0.5) is 11.4 Å². The Labute approximate surface area is 130 Å². The molecular formula is C17H18N2OS. The van der Waals surface area contributed by atoms with Crippen LogP contribution in [0.3, 0.4) is 0 Å². The van der Waals surface area contributed by atoms with Gasteiger partial charge in [0.1, 0.15) is 5.75 Å². The van der Waals surface area contributed by atoms with E-state index in [1.807, 2.05) is 24.3 Å². The third-order valence-corrected chi connectivity index (χ3v) is 4.07. The molecule has 21 heavy (non-hydrogen) atoms. The molecule has 0 unspecified atom stereocenters. The zero-order valence-corrected chi connectivity index (χ0v) is 13.0. The Morgan fingerprint density at radius 3 is 2.62 bits per heavy atom. The van der Waals surface area contributed by atoms with Gasteiger partial charge in [-0.1, -0.05) is 18.2 Å². The first-order valence-electron chi connectivity index (χ1n) is 7.01. The van der Waals surface area contributed by atoms with E-state index >= 15 is 0 Å². The number of thiocarbonyl (C=S) groups is 1. The fourth-order valence-corrected chi connectivity index (χ4v) is 3.13. The summed E-state index contributed by atoms with van der Waals surface area (Å²) >= 11 is 5.59. The van der Waals surface area contributed by atoms with Crippen molar-refractivity contribution in [2.24, 2.45) is 0 Å². The predicted molar refractivity (Wildman–Crippen MR) is 91.3 cm³/mol. The van der Waals surface area contributed by atoms with Crippen LogP contribution in [0.5, 0.6) is 5.75 Å². The van der Waals surface area contributed by atoms with Gasteiger partial charge in [0.05, 0.1) is 7.11 Å². The molecular weight excluding hydrogens is 280 g/mol. The Bertz CT molecular complexity index is 654. The summed E-state index contributed by atoms with van der Waals surface area (Å²) in [6, 6.07) is 16.6. The smallest absolute Gasteiger partial charge is 0.178 e.